The van der Waals surface area contributed by atoms with Gasteiger partial charge in [0.25, 0.3) is 0 Å². The number of unbranched alkanes of at least 4 members (excludes halogenated alkanes) is 1. The normalized spacial score (nSPS) is 16.4. The number of nitrogens with zero attached hydrogens (tertiary/aromatic N) is 3. The van der Waals surface area contributed by atoms with E-state index < -0.39 is 0 Å². The molecule has 0 unspecified atom stereocenters. The lowest BCUT2D eigenvalue weighted by atomic mass is 9.77. The van der Waals surface area contributed by atoms with Gasteiger partial charge in [0.05, 0.1) is 27.0 Å². The van der Waals surface area contributed by atoms with Crippen molar-refractivity contribution >= 4 is 5.69 Å². The number of aryl methyl sites for hydroxylation is 1. The first kappa shape index (κ1) is 40.0. The van der Waals surface area contributed by atoms with E-state index in [0.29, 0.717) is 17.9 Å². The Morgan fingerprint density at radius 3 is 2.02 bits per heavy atom. The Bertz CT molecular complexity index is 2120. The number of hydrogen-bond acceptors (Lipinski definition) is 6. The number of piperidine rings is 1. The van der Waals surface area contributed by atoms with Crippen LogP contribution in [0.15, 0.2) is 91.1 Å². The number of pyridine rings is 1. The first-order chi connectivity index (χ1) is 28.5. The molecule has 304 valence electrons. The first-order valence-electron chi connectivity index (χ1n) is 22.0. The monoisotopic (exact) mass is 777 g/mol. The smallest absolute Gasteiger partial charge is 0.126 e. The van der Waals surface area contributed by atoms with Gasteiger partial charge in [-0.2, -0.15) is 0 Å². The van der Waals surface area contributed by atoms with E-state index in [9.17, 15) is 0 Å². The molecular weight excluding hydrogens is 715 g/mol. The standard InChI is InChI=1S/C52H63N3O3/c1-6-7-12-37-19-21-44(22-20-37)55(35-41-13-8-9-18-46(41)42-31-50(57-4)52(40-16-11-17-40)51(32-42)58-5)45-24-27-54(28-25-45)34-38-23-26-53-48(29-38)43-30-47(39-14-10-15-39)36(2)49(33-43)56-3/h8-9,13,18-23,26,29-33,39-40,45H,6-7,10-12,14-17,24-25,27-28,34-35H2,1-5H3. The van der Waals surface area contributed by atoms with E-state index in [1.54, 1.807) is 21.3 Å². The lowest BCUT2D eigenvalue weighted by Gasteiger charge is -2.40. The molecule has 1 aromatic heterocycles. The molecule has 6 nitrogen and oxygen atoms in total. The molecule has 4 aromatic carbocycles. The summed E-state index contributed by atoms with van der Waals surface area (Å²) in [4.78, 5) is 10.2. The fraction of sp³-hybridized carbons (Fsp3) is 0.442. The molecular formula is C52H63N3O3. The molecule has 1 saturated heterocycles. The summed E-state index contributed by atoms with van der Waals surface area (Å²) in [5, 5.41) is 0. The van der Waals surface area contributed by atoms with E-state index in [0.717, 1.165) is 79.5 Å². The van der Waals surface area contributed by atoms with Crippen LogP contribution in [0.25, 0.3) is 22.4 Å². The van der Waals surface area contributed by atoms with Gasteiger partial charge in [-0.25, -0.2) is 0 Å². The molecule has 6 heteroatoms. The minimum atomic E-state index is 0.425. The number of rotatable bonds is 16. The predicted molar refractivity (Wildman–Crippen MR) is 239 cm³/mol. The van der Waals surface area contributed by atoms with E-state index in [1.165, 1.54) is 96.0 Å². The SMILES string of the molecule is CCCCc1ccc(N(Cc2ccccc2-c2cc(OC)c(C3CCC3)c(OC)c2)C2CCN(Cc3ccnc(-c4cc(OC)c(C)c(C5CCC5)c4)c3)CC2)cc1. The third-order valence-corrected chi connectivity index (χ3v) is 13.5. The van der Waals surface area contributed by atoms with Gasteiger partial charge in [-0.05, 0) is 158 Å². The Labute approximate surface area is 347 Å². The Morgan fingerprint density at radius 2 is 1.38 bits per heavy atom. The van der Waals surface area contributed by atoms with Crippen LogP contribution in [0.1, 0.15) is 116 Å². The van der Waals surface area contributed by atoms with Crippen LogP contribution in [-0.2, 0) is 19.5 Å². The van der Waals surface area contributed by atoms with Crippen molar-refractivity contribution in [2.75, 3.05) is 39.3 Å². The lowest BCUT2D eigenvalue weighted by Crippen LogP contribution is -2.44. The highest BCUT2D eigenvalue weighted by Gasteiger charge is 2.30. The highest BCUT2D eigenvalue weighted by molar-refractivity contribution is 5.73. The van der Waals surface area contributed by atoms with Gasteiger partial charge in [0.15, 0.2) is 0 Å². The Hall–Kier alpha value is -4.81. The second kappa shape index (κ2) is 18.4. The number of likely N-dealkylation sites (tertiary alicyclic amines) is 1. The molecule has 2 aliphatic carbocycles. The van der Waals surface area contributed by atoms with Crippen LogP contribution < -0.4 is 19.1 Å². The highest BCUT2D eigenvalue weighted by Crippen LogP contribution is 2.48. The Balaban J connectivity index is 1.02. The maximum Gasteiger partial charge on any atom is 0.126 e. The van der Waals surface area contributed by atoms with Crippen molar-refractivity contribution in [3.63, 3.8) is 0 Å². The lowest BCUT2D eigenvalue weighted by molar-refractivity contribution is 0.201. The molecule has 0 spiro atoms. The van der Waals surface area contributed by atoms with Gasteiger partial charge in [0.1, 0.15) is 17.2 Å². The molecule has 0 atom stereocenters. The molecule has 1 aliphatic heterocycles. The van der Waals surface area contributed by atoms with E-state index in [-0.39, 0.29) is 0 Å². The van der Waals surface area contributed by atoms with Crippen LogP contribution in [0.3, 0.4) is 0 Å². The third-order valence-electron chi connectivity index (χ3n) is 13.5. The van der Waals surface area contributed by atoms with Crippen molar-refractivity contribution in [3.8, 4) is 39.6 Å². The van der Waals surface area contributed by atoms with Crippen LogP contribution in [0.4, 0.5) is 5.69 Å². The van der Waals surface area contributed by atoms with Gasteiger partial charge in [-0.3, -0.25) is 9.88 Å². The molecule has 58 heavy (non-hydrogen) atoms. The van der Waals surface area contributed by atoms with Crippen LogP contribution in [-0.4, -0.2) is 50.3 Å². The summed E-state index contributed by atoms with van der Waals surface area (Å²) in [6.07, 6.45) is 15.3. The maximum atomic E-state index is 6.04. The van der Waals surface area contributed by atoms with Gasteiger partial charge in [0.2, 0.25) is 0 Å². The first-order valence-corrected chi connectivity index (χ1v) is 22.0. The number of hydrogen-bond donors (Lipinski definition) is 0. The molecule has 3 fully saturated rings. The fourth-order valence-corrected chi connectivity index (χ4v) is 9.57. The second-order valence-corrected chi connectivity index (χ2v) is 17.1. The van der Waals surface area contributed by atoms with Crippen molar-refractivity contribution in [2.45, 2.75) is 115 Å². The van der Waals surface area contributed by atoms with Gasteiger partial charge in [-0.15, -0.1) is 0 Å². The Morgan fingerprint density at radius 1 is 0.707 bits per heavy atom. The van der Waals surface area contributed by atoms with Crippen molar-refractivity contribution in [2.24, 2.45) is 0 Å². The number of aromatic nitrogens is 1. The average Bonchev–Trinajstić information content (AvgIpc) is 3.22. The van der Waals surface area contributed by atoms with Gasteiger partial charge in [0, 0.05) is 55.2 Å². The van der Waals surface area contributed by atoms with Crippen molar-refractivity contribution in [1.82, 2.24) is 9.88 Å². The molecule has 2 saturated carbocycles. The summed E-state index contributed by atoms with van der Waals surface area (Å²) in [5.41, 5.74) is 13.9. The zero-order valence-electron chi connectivity index (χ0n) is 35.6. The molecule has 0 radical (unpaired) electrons. The zero-order valence-corrected chi connectivity index (χ0v) is 35.6. The molecule has 3 aliphatic rings. The number of benzene rings is 4. The maximum absolute atomic E-state index is 6.04. The molecule has 0 bridgehead atoms. The summed E-state index contributed by atoms with van der Waals surface area (Å²) in [7, 11) is 5.38. The zero-order chi connectivity index (χ0) is 40.0. The van der Waals surface area contributed by atoms with Crippen LogP contribution in [0.2, 0.25) is 0 Å². The summed E-state index contributed by atoms with van der Waals surface area (Å²) >= 11 is 0. The summed E-state index contributed by atoms with van der Waals surface area (Å²) in [6.45, 7) is 8.34. The molecule has 0 N–H and O–H groups in total. The van der Waals surface area contributed by atoms with E-state index in [1.807, 2.05) is 6.20 Å². The highest BCUT2D eigenvalue weighted by atomic mass is 16.5. The fourth-order valence-electron chi connectivity index (χ4n) is 9.57. The largest absolute Gasteiger partial charge is 0.496 e. The van der Waals surface area contributed by atoms with E-state index in [4.69, 9.17) is 19.2 Å². The van der Waals surface area contributed by atoms with Gasteiger partial charge >= 0.3 is 0 Å². The summed E-state index contributed by atoms with van der Waals surface area (Å²) in [5.74, 6) is 4.01. The topological polar surface area (TPSA) is 47.1 Å². The molecule has 2 heterocycles. The van der Waals surface area contributed by atoms with Crippen LogP contribution in [0.5, 0.6) is 17.2 Å². The van der Waals surface area contributed by atoms with Gasteiger partial charge in [-0.1, -0.05) is 62.6 Å². The minimum Gasteiger partial charge on any atom is -0.496 e. The van der Waals surface area contributed by atoms with Crippen LogP contribution in [0, 0.1) is 6.92 Å². The molecule has 8 rings (SSSR count). The number of ether oxygens (including phenoxy) is 3. The minimum absolute atomic E-state index is 0.425. The van der Waals surface area contributed by atoms with E-state index >= 15 is 0 Å². The van der Waals surface area contributed by atoms with E-state index in [2.05, 4.69) is 109 Å². The molecule has 0 amide bonds. The Kier molecular flexibility index (Phi) is 12.7. The van der Waals surface area contributed by atoms with Gasteiger partial charge < -0.3 is 19.1 Å². The van der Waals surface area contributed by atoms with Crippen molar-refractivity contribution in [3.05, 3.63) is 125 Å². The van der Waals surface area contributed by atoms with Crippen molar-refractivity contribution < 1.29 is 14.2 Å². The number of methoxy groups -OCH3 is 3. The number of anilines is 1. The third kappa shape index (κ3) is 8.64. The van der Waals surface area contributed by atoms with Crippen LogP contribution >= 0.6 is 0 Å². The van der Waals surface area contributed by atoms with Crippen molar-refractivity contribution in [1.29, 1.82) is 0 Å². The summed E-state index contributed by atoms with van der Waals surface area (Å²) < 4.78 is 17.9. The summed E-state index contributed by atoms with van der Waals surface area (Å²) in [6, 6.07) is 32.3. The second-order valence-electron chi connectivity index (χ2n) is 17.1. The predicted octanol–water partition coefficient (Wildman–Crippen LogP) is 12.3. The quantitative estimate of drug-likeness (QED) is 0.0994. The molecule has 5 aromatic rings. The average molecular weight is 778 g/mol.